The van der Waals surface area contributed by atoms with Gasteiger partial charge >= 0.3 is 6.18 Å². The number of nitrogens with zero attached hydrogens (tertiary/aromatic N) is 1. The molecule has 0 spiro atoms. The molecular weight excluding hydrogens is 337 g/mol. The molecule has 0 atom stereocenters. The zero-order valence-electron chi connectivity index (χ0n) is 12.3. The van der Waals surface area contributed by atoms with Gasteiger partial charge in [0.05, 0.1) is 17.0 Å². The Morgan fingerprint density at radius 3 is 2.26 bits per heavy atom. The van der Waals surface area contributed by atoms with E-state index in [2.05, 4.69) is 0 Å². The van der Waals surface area contributed by atoms with E-state index < -0.39 is 34.2 Å². The molecule has 0 unspecified atom stereocenters. The molecule has 0 radical (unpaired) electrons. The van der Waals surface area contributed by atoms with Crippen LogP contribution in [0.15, 0.2) is 29.2 Å². The van der Waals surface area contributed by atoms with Gasteiger partial charge in [0.15, 0.2) is 0 Å². The highest BCUT2D eigenvalue weighted by molar-refractivity contribution is 7.89. The van der Waals surface area contributed by atoms with Crippen molar-refractivity contribution in [2.45, 2.75) is 30.8 Å². The summed E-state index contributed by atoms with van der Waals surface area (Å²) in [5, 5.41) is 8.53. The summed E-state index contributed by atoms with van der Waals surface area (Å²) in [4.78, 5) is 10.9. The molecule has 23 heavy (non-hydrogen) atoms. The topological polar surface area (TPSA) is 86.7 Å². The van der Waals surface area contributed by atoms with Crippen LogP contribution in [0.3, 0.4) is 0 Å². The smallest absolute Gasteiger partial charge is 0.289 e. The monoisotopic (exact) mass is 354 g/mol. The third-order valence-corrected chi connectivity index (χ3v) is 4.88. The van der Waals surface area contributed by atoms with Crippen LogP contribution in [0.25, 0.3) is 0 Å². The van der Waals surface area contributed by atoms with Crippen LogP contribution in [-0.4, -0.2) is 36.9 Å². The molecule has 0 saturated carbocycles. The molecule has 6 nitrogen and oxygen atoms in total. The number of benzene rings is 1. The van der Waals surface area contributed by atoms with Crippen molar-refractivity contribution in [3.63, 3.8) is 0 Å². The molecule has 1 rings (SSSR count). The molecule has 0 aliphatic heterocycles. The van der Waals surface area contributed by atoms with Crippen molar-refractivity contribution >= 4 is 15.9 Å². The number of alkyl halides is 3. The molecule has 2 N–H and O–H groups in total. The summed E-state index contributed by atoms with van der Waals surface area (Å²) in [5.41, 5.74) is 0.363. The van der Waals surface area contributed by atoms with Crippen LogP contribution in [0.2, 0.25) is 0 Å². The molecule has 0 aliphatic carbocycles. The van der Waals surface area contributed by atoms with Crippen molar-refractivity contribution in [1.82, 2.24) is 9.79 Å². The minimum atomic E-state index is -4.57. The number of sulfonamides is 1. The maximum Gasteiger partial charge on any atom is 0.416 e. The second kappa shape index (κ2) is 7.75. The average Bonchev–Trinajstić information content (AvgIpc) is 2.50. The fourth-order valence-corrected chi connectivity index (χ4v) is 3.21. The largest absolute Gasteiger partial charge is 0.416 e. The van der Waals surface area contributed by atoms with Crippen molar-refractivity contribution in [1.29, 1.82) is 0 Å². The van der Waals surface area contributed by atoms with Gasteiger partial charge in [0, 0.05) is 6.54 Å². The zero-order valence-corrected chi connectivity index (χ0v) is 13.1. The molecule has 1 aromatic rings. The molecule has 0 heterocycles. The second-order valence-electron chi connectivity index (χ2n) is 4.75. The van der Waals surface area contributed by atoms with E-state index in [4.69, 9.17) is 5.21 Å². The van der Waals surface area contributed by atoms with Crippen LogP contribution >= 0.6 is 0 Å². The first-order chi connectivity index (χ1) is 10.6. The number of rotatable bonds is 7. The molecule has 1 aromatic carbocycles. The predicted molar refractivity (Wildman–Crippen MR) is 75.0 cm³/mol. The Balaban J connectivity index is 3.10. The summed E-state index contributed by atoms with van der Waals surface area (Å²) in [7, 11) is -4.15. The summed E-state index contributed by atoms with van der Waals surface area (Å²) in [6, 6.07) is 3.01. The lowest BCUT2D eigenvalue weighted by Crippen LogP contribution is -2.40. The third kappa shape index (κ3) is 5.19. The van der Waals surface area contributed by atoms with E-state index in [-0.39, 0.29) is 11.4 Å². The first-order valence-corrected chi connectivity index (χ1v) is 8.17. The van der Waals surface area contributed by atoms with E-state index in [1.54, 1.807) is 0 Å². The zero-order chi connectivity index (χ0) is 17.7. The maximum atomic E-state index is 12.5. The van der Waals surface area contributed by atoms with Crippen molar-refractivity contribution in [2.75, 3.05) is 13.1 Å². The van der Waals surface area contributed by atoms with Crippen LogP contribution in [0.1, 0.15) is 25.3 Å². The fraction of sp³-hybridized carbons (Fsp3) is 0.462. The number of unbranched alkanes of at least 4 members (excludes halogenated alkanes) is 1. The summed E-state index contributed by atoms with van der Waals surface area (Å²) >= 11 is 0. The number of hydroxylamine groups is 1. The van der Waals surface area contributed by atoms with Gasteiger partial charge in [-0.2, -0.15) is 17.5 Å². The van der Waals surface area contributed by atoms with Gasteiger partial charge in [-0.15, -0.1) is 0 Å². The number of carbonyl (C=O) groups is 1. The maximum absolute atomic E-state index is 12.5. The van der Waals surface area contributed by atoms with Gasteiger partial charge in [-0.05, 0) is 30.7 Å². The summed E-state index contributed by atoms with van der Waals surface area (Å²) in [6.07, 6.45) is -3.46. The number of hydrogen-bond acceptors (Lipinski definition) is 4. The SMILES string of the molecule is CCCCN(CC(=O)NO)S(=O)(=O)c1ccc(C(F)(F)F)cc1. The van der Waals surface area contributed by atoms with Crippen LogP contribution in [0.5, 0.6) is 0 Å². The lowest BCUT2D eigenvalue weighted by molar-refractivity contribution is -0.137. The van der Waals surface area contributed by atoms with E-state index in [1.807, 2.05) is 6.92 Å². The lowest BCUT2D eigenvalue weighted by Gasteiger charge is -2.21. The number of halogens is 3. The van der Waals surface area contributed by atoms with Gasteiger partial charge in [0.25, 0.3) is 5.91 Å². The van der Waals surface area contributed by atoms with Crippen LogP contribution < -0.4 is 5.48 Å². The predicted octanol–water partition coefficient (Wildman–Crippen LogP) is 2.00. The third-order valence-electron chi connectivity index (χ3n) is 3.03. The van der Waals surface area contributed by atoms with E-state index in [0.29, 0.717) is 25.0 Å². The van der Waals surface area contributed by atoms with Crippen LogP contribution in [0, 0.1) is 0 Å². The highest BCUT2D eigenvalue weighted by Gasteiger charge is 2.32. The highest BCUT2D eigenvalue weighted by atomic mass is 32.2. The van der Waals surface area contributed by atoms with Gasteiger partial charge in [-0.1, -0.05) is 13.3 Å². The number of carbonyl (C=O) groups excluding carboxylic acids is 1. The molecule has 0 aliphatic rings. The standard InChI is InChI=1S/C13H17F3N2O4S/c1-2-3-8-18(9-12(19)17-20)23(21,22)11-6-4-10(5-7-11)13(14,15)16/h4-7,20H,2-3,8-9H2,1H3,(H,17,19). The van der Waals surface area contributed by atoms with Gasteiger partial charge in [-0.25, -0.2) is 13.9 Å². The molecule has 0 fully saturated rings. The molecule has 1 amide bonds. The van der Waals surface area contributed by atoms with Gasteiger partial charge in [0.1, 0.15) is 0 Å². The van der Waals surface area contributed by atoms with Crippen LogP contribution in [-0.2, 0) is 21.0 Å². The van der Waals surface area contributed by atoms with E-state index in [9.17, 15) is 26.4 Å². The Morgan fingerprint density at radius 2 is 1.83 bits per heavy atom. The second-order valence-corrected chi connectivity index (χ2v) is 6.69. The molecular formula is C13H17F3N2O4S. The van der Waals surface area contributed by atoms with Crippen molar-refractivity contribution in [3.8, 4) is 0 Å². The first-order valence-electron chi connectivity index (χ1n) is 6.73. The molecule has 0 saturated heterocycles. The molecule has 10 heteroatoms. The summed E-state index contributed by atoms with van der Waals surface area (Å²) in [6.45, 7) is 1.20. The van der Waals surface area contributed by atoms with E-state index in [1.165, 1.54) is 5.48 Å². The minimum Gasteiger partial charge on any atom is -0.289 e. The van der Waals surface area contributed by atoms with E-state index >= 15 is 0 Å². The number of nitrogens with one attached hydrogen (secondary N) is 1. The number of amides is 1. The molecule has 0 bridgehead atoms. The summed E-state index contributed by atoms with van der Waals surface area (Å²) in [5.74, 6) is -0.934. The van der Waals surface area contributed by atoms with Crippen molar-refractivity contribution < 1.29 is 31.6 Å². The van der Waals surface area contributed by atoms with Crippen molar-refractivity contribution in [3.05, 3.63) is 29.8 Å². The quantitative estimate of drug-likeness (QED) is 0.579. The Hall–Kier alpha value is -1.65. The van der Waals surface area contributed by atoms with Gasteiger partial charge in [-0.3, -0.25) is 10.0 Å². The summed E-state index contributed by atoms with van der Waals surface area (Å²) < 4.78 is 63.2. The van der Waals surface area contributed by atoms with Gasteiger partial charge in [0.2, 0.25) is 10.0 Å². The minimum absolute atomic E-state index is 0.00722. The highest BCUT2D eigenvalue weighted by Crippen LogP contribution is 2.30. The molecule has 130 valence electrons. The Labute approximate surface area is 131 Å². The Bertz CT molecular complexity index is 630. The normalized spacial score (nSPS) is 12.4. The van der Waals surface area contributed by atoms with E-state index in [0.717, 1.165) is 16.4 Å². The fourth-order valence-electron chi connectivity index (χ4n) is 1.78. The van der Waals surface area contributed by atoms with Crippen LogP contribution in [0.4, 0.5) is 13.2 Å². The number of hydrogen-bond donors (Lipinski definition) is 2. The Kier molecular flexibility index (Phi) is 6.54. The Morgan fingerprint density at radius 1 is 1.26 bits per heavy atom. The lowest BCUT2D eigenvalue weighted by atomic mass is 10.2. The van der Waals surface area contributed by atoms with Gasteiger partial charge < -0.3 is 0 Å². The van der Waals surface area contributed by atoms with Crippen molar-refractivity contribution in [2.24, 2.45) is 0 Å². The molecule has 0 aromatic heterocycles. The first kappa shape index (κ1) is 19.4. The average molecular weight is 354 g/mol.